The molecule has 1 aromatic heterocycles. The molecule has 0 atom stereocenters. The van der Waals surface area contributed by atoms with E-state index in [4.69, 9.17) is 5.73 Å². The second-order valence-corrected chi connectivity index (χ2v) is 3.89. The van der Waals surface area contributed by atoms with Crippen molar-refractivity contribution in [3.8, 4) is 0 Å². The maximum absolute atomic E-state index is 10.9. The Morgan fingerprint density at radius 2 is 1.94 bits per heavy atom. The lowest BCUT2D eigenvalue weighted by Gasteiger charge is -2.02. The number of hydrogen-bond acceptors (Lipinski definition) is 3. The van der Waals surface area contributed by atoms with Crippen molar-refractivity contribution in [2.75, 3.05) is 0 Å². The van der Waals surface area contributed by atoms with Gasteiger partial charge in [0, 0.05) is 24.4 Å². The largest absolute Gasteiger partial charge is 0.366 e. The molecule has 2 rings (SSSR count). The molecule has 0 unspecified atom stereocenters. The third-order valence-corrected chi connectivity index (χ3v) is 2.43. The first kappa shape index (κ1) is 11.3. The van der Waals surface area contributed by atoms with Gasteiger partial charge in [-0.15, -0.1) is 0 Å². The Kier molecular flexibility index (Phi) is 3.14. The number of benzene rings is 1. The Balaban J connectivity index is 2.16. The molecule has 2 N–H and O–H groups in total. The zero-order valence-electron chi connectivity index (χ0n) is 9.55. The molecule has 0 spiro atoms. The van der Waals surface area contributed by atoms with E-state index in [-0.39, 0.29) is 0 Å². The summed E-state index contributed by atoms with van der Waals surface area (Å²) in [7, 11) is 0. The molecule has 1 aromatic carbocycles. The van der Waals surface area contributed by atoms with Crippen molar-refractivity contribution in [3.63, 3.8) is 0 Å². The molecule has 1 amide bonds. The zero-order chi connectivity index (χ0) is 12.3. The first-order chi connectivity index (χ1) is 8.15. The highest BCUT2D eigenvalue weighted by Crippen LogP contribution is 2.08. The number of amides is 1. The van der Waals surface area contributed by atoms with Gasteiger partial charge in [-0.2, -0.15) is 0 Å². The van der Waals surface area contributed by atoms with Crippen molar-refractivity contribution < 1.29 is 4.79 Å². The van der Waals surface area contributed by atoms with Crippen LogP contribution in [0.4, 0.5) is 0 Å². The van der Waals surface area contributed by atoms with Crippen molar-refractivity contribution in [3.05, 3.63) is 59.2 Å². The van der Waals surface area contributed by atoms with Crippen LogP contribution in [0.15, 0.2) is 36.7 Å². The number of primary amides is 1. The van der Waals surface area contributed by atoms with Gasteiger partial charge in [-0.05, 0) is 24.6 Å². The highest BCUT2D eigenvalue weighted by molar-refractivity contribution is 5.92. The molecule has 0 bridgehead atoms. The van der Waals surface area contributed by atoms with Crippen LogP contribution in [0, 0.1) is 6.92 Å². The zero-order valence-corrected chi connectivity index (χ0v) is 9.55. The summed E-state index contributed by atoms with van der Waals surface area (Å²) < 4.78 is 0. The van der Waals surface area contributed by atoms with E-state index in [0.717, 1.165) is 17.0 Å². The van der Waals surface area contributed by atoms with Gasteiger partial charge in [-0.1, -0.05) is 12.1 Å². The highest BCUT2D eigenvalue weighted by Gasteiger charge is 2.02. The van der Waals surface area contributed by atoms with Crippen LogP contribution in [0.2, 0.25) is 0 Å². The Bertz CT molecular complexity index is 535. The fourth-order valence-electron chi connectivity index (χ4n) is 1.60. The van der Waals surface area contributed by atoms with E-state index in [1.807, 2.05) is 19.1 Å². The number of nitrogens with zero attached hydrogens (tertiary/aromatic N) is 2. The molecule has 0 radical (unpaired) electrons. The van der Waals surface area contributed by atoms with Crippen LogP contribution in [0.3, 0.4) is 0 Å². The summed E-state index contributed by atoms with van der Waals surface area (Å²) >= 11 is 0. The van der Waals surface area contributed by atoms with E-state index >= 15 is 0 Å². The molecule has 0 saturated carbocycles. The molecule has 17 heavy (non-hydrogen) atoms. The lowest BCUT2D eigenvalue weighted by atomic mass is 10.1. The Hall–Kier alpha value is -2.23. The van der Waals surface area contributed by atoms with Gasteiger partial charge in [0.1, 0.15) is 0 Å². The number of carbonyl (C=O) groups is 1. The van der Waals surface area contributed by atoms with Crippen LogP contribution in [0.25, 0.3) is 0 Å². The van der Waals surface area contributed by atoms with Gasteiger partial charge in [0.25, 0.3) is 0 Å². The standard InChI is InChI=1S/C13H13N3O/c1-9-7-15-8-12(16-9)6-10-2-4-11(5-3-10)13(14)17/h2-5,7-8H,6H2,1H3,(H2,14,17). The maximum Gasteiger partial charge on any atom is 0.248 e. The van der Waals surface area contributed by atoms with Gasteiger partial charge in [-0.3, -0.25) is 14.8 Å². The van der Waals surface area contributed by atoms with Crippen LogP contribution in [-0.4, -0.2) is 15.9 Å². The molecule has 0 aliphatic heterocycles. The molecular formula is C13H13N3O. The summed E-state index contributed by atoms with van der Waals surface area (Å²) in [5.74, 6) is -0.410. The van der Waals surface area contributed by atoms with E-state index in [1.165, 1.54) is 0 Å². The quantitative estimate of drug-likeness (QED) is 0.863. The minimum atomic E-state index is -0.410. The van der Waals surface area contributed by atoms with Crippen molar-refractivity contribution in [2.45, 2.75) is 13.3 Å². The van der Waals surface area contributed by atoms with E-state index in [9.17, 15) is 4.79 Å². The molecule has 4 nitrogen and oxygen atoms in total. The molecule has 86 valence electrons. The molecule has 0 aliphatic carbocycles. The summed E-state index contributed by atoms with van der Waals surface area (Å²) in [5, 5.41) is 0. The number of hydrogen-bond donors (Lipinski definition) is 1. The second-order valence-electron chi connectivity index (χ2n) is 3.89. The number of aryl methyl sites for hydroxylation is 1. The summed E-state index contributed by atoms with van der Waals surface area (Å²) in [5.41, 5.74) is 8.58. The van der Waals surface area contributed by atoms with Crippen LogP contribution < -0.4 is 5.73 Å². The fourth-order valence-corrected chi connectivity index (χ4v) is 1.60. The predicted molar refractivity (Wildman–Crippen MR) is 64.5 cm³/mol. The normalized spacial score (nSPS) is 10.2. The monoisotopic (exact) mass is 227 g/mol. The van der Waals surface area contributed by atoms with Gasteiger partial charge in [0.2, 0.25) is 5.91 Å². The lowest BCUT2D eigenvalue weighted by Crippen LogP contribution is -2.10. The number of aromatic nitrogens is 2. The van der Waals surface area contributed by atoms with E-state index in [2.05, 4.69) is 9.97 Å². The van der Waals surface area contributed by atoms with Gasteiger partial charge in [-0.25, -0.2) is 0 Å². The van der Waals surface area contributed by atoms with E-state index < -0.39 is 5.91 Å². The first-order valence-electron chi connectivity index (χ1n) is 5.31. The van der Waals surface area contributed by atoms with Gasteiger partial charge < -0.3 is 5.73 Å². The van der Waals surface area contributed by atoms with Crippen molar-refractivity contribution >= 4 is 5.91 Å². The highest BCUT2D eigenvalue weighted by atomic mass is 16.1. The van der Waals surface area contributed by atoms with Crippen molar-refractivity contribution in [1.29, 1.82) is 0 Å². The van der Waals surface area contributed by atoms with Crippen LogP contribution in [-0.2, 0) is 6.42 Å². The lowest BCUT2D eigenvalue weighted by molar-refractivity contribution is 0.100. The number of nitrogens with two attached hydrogens (primary N) is 1. The number of carbonyl (C=O) groups excluding carboxylic acids is 1. The molecular weight excluding hydrogens is 214 g/mol. The van der Waals surface area contributed by atoms with Gasteiger partial charge >= 0.3 is 0 Å². The fraction of sp³-hybridized carbons (Fsp3) is 0.154. The third-order valence-electron chi connectivity index (χ3n) is 2.43. The predicted octanol–water partition coefficient (Wildman–Crippen LogP) is 1.47. The molecule has 0 saturated heterocycles. The minimum Gasteiger partial charge on any atom is -0.366 e. The van der Waals surface area contributed by atoms with Crippen LogP contribution in [0.1, 0.15) is 27.3 Å². The summed E-state index contributed by atoms with van der Waals surface area (Å²) in [6.07, 6.45) is 4.17. The minimum absolute atomic E-state index is 0.410. The summed E-state index contributed by atoms with van der Waals surface area (Å²) in [4.78, 5) is 19.4. The molecule has 4 heteroatoms. The van der Waals surface area contributed by atoms with Gasteiger partial charge in [0.05, 0.1) is 11.4 Å². The van der Waals surface area contributed by atoms with Crippen molar-refractivity contribution in [2.24, 2.45) is 5.73 Å². The average molecular weight is 227 g/mol. The molecule has 0 aliphatic rings. The average Bonchev–Trinajstić information content (AvgIpc) is 2.29. The molecule has 1 heterocycles. The molecule has 0 fully saturated rings. The smallest absolute Gasteiger partial charge is 0.248 e. The Labute approximate surface area is 99.5 Å². The first-order valence-corrected chi connectivity index (χ1v) is 5.31. The Morgan fingerprint density at radius 3 is 2.53 bits per heavy atom. The van der Waals surface area contributed by atoms with Crippen LogP contribution >= 0.6 is 0 Å². The third kappa shape index (κ3) is 2.87. The maximum atomic E-state index is 10.9. The summed E-state index contributed by atoms with van der Waals surface area (Å²) in [6, 6.07) is 7.20. The van der Waals surface area contributed by atoms with Crippen molar-refractivity contribution in [1.82, 2.24) is 9.97 Å². The molecule has 2 aromatic rings. The summed E-state index contributed by atoms with van der Waals surface area (Å²) in [6.45, 7) is 1.91. The second kappa shape index (κ2) is 4.74. The van der Waals surface area contributed by atoms with E-state index in [1.54, 1.807) is 24.5 Å². The number of rotatable bonds is 3. The van der Waals surface area contributed by atoms with Gasteiger partial charge in [0.15, 0.2) is 0 Å². The Morgan fingerprint density at radius 1 is 1.24 bits per heavy atom. The topological polar surface area (TPSA) is 68.9 Å². The SMILES string of the molecule is Cc1cncc(Cc2ccc(C(N)=O)cc2)n1. The van der Waals surface area contributed by atoms with E-state index in [0.29, 0.717) is 12.0 Å². The van der Waals surface area contributed by atoms with Crippen LogP contribution in [0.5, 0.6) is 0 Å².